The number of nitrogens with zero attached hydrogens (tertiary/aromatic N) is 2. The van der Waals surface area contributed by atoms with Crippen LogP contribution in [-0.2, 0) is 0 Å². The van der Waals surface area contributed by atoms with Gasteiger partial charge in [-0.1, -0.05) is 0 Å². The van der Waals surface area contributed by atoms with Gasteiger partial charge in [0.15, 0.2) is 0 Å². The van der Waals surface area contributed by atoms with Crippen LogP contribution < -0.4 is 4.74 Å². The molecule has 0 aliphatic carbocycles. The number of methoxy groups -OCH3 is 1. The van der Waals surface area contributed by atoms with Crippen LogP contribution in [0.5, 0.6) is 5.75 Å². The van der Waals surface area contributed by atoms with Crippen LogP contribution in [0.3, 0.4) is 0 Å². The van der Waals surface area contributed by atoms with E-state index in [1.54, 1.807) is 24.3 Å². The zero-order valence-corrected chi connectivity index (χ0v) is 10.1. The van der Waals surface area contributed by atoms with Crippen LogP contribution in [0.15, 0.2) is 36.5 Å². The van der Waals surface area contributed by atoms with Crippen molar-refractivity contribution in [1.29, 1.82) is 5.26 Å². The van der Waals surface area contributed by atoms with Gasteiger partial charge < -0.3 is 9.84 Å². The molecule has 5 heteroatoms. The molecule has 1 heterocycles. The summed E-state index contributed by atoms with van der Waals surface area (Å²) in [7, 11) is 1.47. The van der Waals surface area contributed by atoms with E-state index in [-0.39, 0.29) is 5.56 Å². The number of nitriles is 1. The number of aromatic nitrogens is 1. The Morgan fingerprint density at radius 1 is 1.42 bits per heavy atom. The molecule has 94 valence electrons. The summed E-state index contributed by atoms with van der Waals surface area (Å²) in [6, 6.07) is 9.89. The molecule has 0 radical (unpaired) electrons. The highest BCUT2D eigenvalue weighted by Crippen LogP contribution is 2.27. The van der Waals surface area contributed by atoms with E-state index in [1.165, 1.54) is 19.4 Å². The first kappa shape index (κ1) is 12.6. The van der Waals surface area contributed by atoms with E-state index >= 15 is 0 Å². The van der Waals surface area contributed by atoms with Crippen LogP contribution in [0.4, 0.5) is 0 Å². The second-order valence-electron chi connectivity index (χ2n) is 3.73. The lowest BCUT2D eigenvalue weighted by Crippen LogP contribution is -2.01. The minimum Gasteiger partial charge on any atom is -0.495 e. The highest BCUT2D eigenvalue weighted by Gasteiger charge is 2.14. The third kappa shape index (κ3) is 2.38. The Morgan fingerprint density at radius 3 is 2.84 bits per heavy atom. The number of pyridine rings is 1. The molecule has 0 unspecified atom stereocenters. The molecule has 2 aromatic rings. The monoisotopic (exact) mass is 254 g/mol. The summed E-state index contributed by atoms with van der Waals surface area (Å²) < 4.78 is 5.05. The van der Waals surface area contributed by atoms with E-state index in [9.17, 15) is 4.79 Å². The van der Waals surface area contributed by atoms with E-state index < -0.39 is 5.97 Å². The quantitative estimate of drug-likeness (QED) is 0.908. The predicted molar refractivity (Wildman–Crippen MR) is 67.9 cm³/mol. The Kier molecular flexibility index (Phi) is 3.44. The number of hydrogen-bond donors (Lipinski definition) is 1. The fourth-order valence-electron chi connectivity index (χ4n) is 1.75. The van der Waals surface area contributed by atoms with Crippen molar-refractivity contribution in [2.24, 2.45) is 0 Å². The smallest absolute Gasteiger partial charge is 0.337 e. The van der Waals surface area contributed by atoms with Crippen molar-refractivity contribution < 1.29 is 14.6 Å². The largest absolute Gasteiger partial charge is 0.495 e. The summed E-state index contributed by atoms with van der Waals surface area (Å²) in [6.07, 6.45) is 1.51. The first-order valence-corrected chi connectivity index (χ1v) is 5.44. The Hall–Kier alpha value is -2.87. The summed E-state index contributed by atoms with van der Waals surface area (Å²) >= 11 is 0. The van der Waals surface area contributed by atoms with E-state index in [2.05, 4.69) is 4.98 Å². The molecule has 0 aliphatic rings. The van der Waals surface area contributed by atoms with Crippen molar-refractivity contribution in [2.75, 3.05) is 7.11 Å². The van der Waals surface area contributed by atoms with Gasteiger partial charge in [0.05, 0.1) is 23.9 Å². The lowest BCUT2D eigenvalue weighted by molar-refractivity contribution is 0.0697. The van der Waals surface area contributed by atoms with E-state index in [1.807, 2.05) is 6.07 Å². The molecular weight excluding hydrogens is 244 g/mol. The summed E-state index contributed by atoms with van der Waals surface area (Å²) in [5.41, 5.74) is 1.32. The van der Waals surface area contributed by atoms with E-state index in [0.717, 1.165) is 0 Å². The van der Waals surface area contributed by atoms with E-state index in [0.29, 0.717) is 22.6 Å². The summed E-state index contributed by atoms with van der Waals surface area (Å²) in [5, 5.41) is 18.2. The zero-order chi connectivity index (χ0) is 13.8. The summed E-state index contributed by atoms with van der Waals surface area (Å²) in [4.78, 5) is 15.2. The molecule has 0 saturated carbocycles. The zero-order valence-electron chi connectivity index (χ0n) is 10.1. The standard InChI is InChI=1S/C14H10N2O3/c1-19-12-5-4-9(7-10(12)8-15)13-11(14(17)18)3-2-6-16-13/h2-7H,1H3,(H,17,18). The Balaban J connectivity index is 2.61. The number of benzene rings is 1. The van der Waals surface area contributed by atoms with Gasteiger partial charge >= 0.3 is 5.97 Å². The molecule has 0 amide bonds. The molecule has 0 aliphatic heterocycles. The fraction of sp³-hybridized carbons (Fsp3) is 0.0714. The van der Waals surface area contributed by atoms with Crippen LogP contribution in [0.1, 0.15) is 15.9 Å². The van der Waals surface area contributed by atoms with Crippen LogP contribution in [-0.4, -0.2) is 23.2 Å². The summed E-state index contributed by atoms with van der Waals surface area (Å²) in [5.74, 6) is -0.614. The van der Waals surface area contributed by atoms with Gasteiger partial charge in [-0.3, -0.25) is 4.98 Å². The highest BCUT2D eigenvalue weighted by molar-refractivity contribution is 5.94. The number of carbonyl (C=O) groups is 1. The van der Waals surface area contributed by atoms with Crippen molar-refractivity contribution in [3.8, 4) is 23.1 Å². The molecule has 5 nitrogen and oxygen atoms in total. The second-order valence-corrected chi connectivity index (χ2v) is 3.73. The minimum atomic E-state index is -1.06. The van der Waals surface area contributed by atoms with E-state index in [4.69, 9.17) is 15.1 Å². The van der Waals surface area contributed by atoms with Crippen LogP contribution in [0, 0.1) is 11.3 Å². The molecule has 1 aromatic heterocycles. The number of carboxylic acids is 1. The minimum absolute atomic E-state index is 0.0940. The molecule has 1 N–H and O–H groups in total. The Morgan fingerprint density at radius 2 is 2.21 bits per heavy atom. The van der Waals surface area contributed by atoms with Gasteiger partial charge in [-0.15, -0.1) is 0 Å². The van der Waals surface area contributed by atoms with Crippen LogP contribution >= 0.6 is 0 Å². The average molecular weight is 254 g/mol. The van der Waals surface area contributed by atoms with Crippen molar-refractivity contribution in [3.05, 3.63) is 47.7 Å². The molecule has 0 spiro atoms. The predicted octanol–water partition coefficient (Wildman–Crippen LogP) is 2.33. The third-order valence-corrected chi connectivity index (χ3v) is 2.63. The van der Waals surface area contributed by atoms with Gasteiger partial charge in [-0.2, -0.15) is 5.26 Å². The van der Waals surface area contributed by atoms with Gasteiger partial charge in [0.2, 0.25) is 0 Å². The molecular formula is C14H10N2O3. The number of ether oxygens (including phenoxy) is 1. The third-order valence-electron chi connectivity index (χ3n) is 2.63. The fourth-order valence-corrected chi connectivity index (χ4v) is 1.75. The van der Waals surface area contributed by atoms with Gasteiger partial charge in [-0.05, 0) is 30.3 Å². The molecule has 2 rings (SSSR count). The average Bonchev–Trinajstić information content (AvgIpc) is 2.46. The number of rotatable bonds is 3. The molecule has 19 heavy (non-hydrogen) atoms. The molecule has 0 bridgehead atoms. The molecule has 0 saturated heterocycles. The Bertz CT molecular complexity index is 675. The first-order valence-electron chi connectivity index (χ1n) is 5.44. The maximum Gasteiger partial charge on any atom is 0.337 e. The Labute approximate surface area is 109 Å². The molecule has 0 fully saturated rings. The highest BCUT2D eigenvalue weighted by atomic mass is 16.5. The lowest BCUT2D eigenvalue weighted by atomic mass is 10.0. The number of aromatic carboxylic acids is 1. The van der Waals surface area contributed by atoms with Crippen molar-refractivity contribution >= 4 is 5.97 Å². The van der Waals surface area contributed by atoms with Gasteiger partial charge in [0.25, 0.3) is 0 Å². The van der Waals surface area contributed by atoms with Gasteiger partial charge in [0.1, 0.15) is 11.8 Å². The van der Waals surface area contributed by atoms with Crippen LogP contribution in [0.25, 0.3) is 11.3 Å². The SMILES string of the molecule is COc1ccc(-c2ncccc2C(=O)O)cc1C#N. The maximum absolute atomic E-state index is 11.1. The molecule has 1 aromatic carbocycles. The van der Waals surface area contributed by atoms with Gasteiger partial charge in [-0.25, -0.2) is 4.79 Å². The van der Waals surface area contributed by atoms with Crippen LogP contribution in [0.2, 0.25) is 0 Å². The van der Waals surface area contributed by atoms with Crippen molar-refractivity contribution in [3.63, 3.8) is 0 Å². The number of hydrogen-bond acceptors (Lipinski definition) is 4. The normalized spacial score (nSPS) is 9.68. The van der Waals surface area contributed by atoms with Gasteiger partial charge in [0, 0.05) is 11.8 Å². The number of carboxylic acid groups (broad SMARTS) is 1. The topological polar surface area (TPSA) is 83.2 Å². The van der Waals surface area contributed by atoms with Crippen molar-refractivity contribution in [2.45, 2.75) is 0 Å². The maximum atomic E-state index is 11.1. The van der Waals surface area contributed by atoms with Crippen molar-refractivity contribution in [1.82, 2.24) is 4.98 Å². The molecule has 0 atom stereocenters. The lowest BCUT2D eigenvalue weighted by Gasteiger charge is -2.07. The second kappa shape index (κ2) is 5.19. The summed E-state index contributed by atoms with van der Waals surface area (Å²) in [6.45, 7) is 0. The first-order chi connectivity index (χ1) is 9.17.